The second-order valence-electron chi connectivity index (χ2n) is 4.58. The number of alkyl halides is 1. The van der Waals surface area contributed by atoms with Gasteiger partial charge in [-0.1, -0.05) is 26.7 Å². The molecule has 1 saturated heterocycles. The molecule has 1 fully saturated rings. The molecule has 0 aromatic rings. The van der Waals surface area contributed by atoms with Crippen molar-refractivity contribution >= 4 is 11.6 Å². The van der Waals surface area contributed by atoms with Gasteiger partial charge in [-0.25, -0.2) is 0 Å². The lowest BCUT2D eigenvalue weighted by atomic mass is 9.96. The Morgan fingerprint density at radius 3 is 2.21 bits per heavy atom. The van der Waals surface area contributed by atoms with Crippen molar-refractivity contribution in [3.05, 3.63) is 0 Å². The number of nitrogens with zero attached hydrogens (tertiary/aromatic N) is 1. The number of halogens is 1. The molecule has 0 saturated carbocycles. The van der Waals surface area contributed by atoms with E-state index in [1.165, 1.54) is 45.3 Å². The van der Waals surface area contributed by atoms with Crippen LogP contribution in [0.3, 0.4) is 0 Å². The Morgan fingerprint density at radius 2 is 1.79 bits per heavy atom. The first-order chi connectivity index (χ1) is 6.80. The van der Waals surface area contributed by atoms with Crippen LogP contribution in [0.2, 0.25) is 0 Å². The van der Waals surface area contributed by atoms with E-state index in [1.807, 2.05) is 0 Å². The van der Waals surface area contributed by atoms with Crippen LogP contribution >= 0.6 is 11.6 Å². The van der Waals surface area contributed by atoms with Crippen molar-refractivity contribution in [1.29, 1.82) is 0 Å². The predicted molar refractivity (Wildman–Crippen MR) is 64.0 cm³/mol. The second-order valence-corrected chi connectivity index (χ2v) is 4.89. The van der Waals surface area contributed by atoms with Gasteiger partial charge in [0.2, 0.25) is 0 Å². The highest BCUT2D eigenvalue weighted by Gasteiger charge is 2.19. The number of rotatable bonds is 5. The molecule has 1 nitrogen and oxygen atoms in total. The topological polar surface area (TPSA) is 3.24 Å². The fourth-order valence-corrected chi connectivity index (χ4v) is 2.54. The number of piperidine rings is 1. The minimum absolute atomic E-state index is 0.787. The third kappa shape index (κ3) is 3.78. The molecule has 0 aromatic carbocycles. The molecule has 0 aromatic heterocycles. The molecule has 14 heavy (non-hydrogen) atoms. The van der Waals surface area contributed by atoms with Gasteiger partial charge in [-0.2, -0.15) is 0 Å². The van der Waals surface area contributed by atoms with Gasteiger partial charge in [0, 0.05) is 12.4 Å². The molecule has 0 amide bonds. The van der Waals surface area contributed by atoms with Crippen LogP contribution in [0.15, 0.2) is 0 Å². The molecule has 1 rings (SSSR count). The normalized spacial score (nSPS) is 20.6. The fourth-order valence-electron chi connectivity index (χ4n) is 2.24. The van der Waals surface area contributed by atoms with Crippen molar-refractivity contribution in [1.82, 2.24) is 4.90 Å². The van der Waals surface area contributed by atoms with Gasteiger partial charge < -0.3 is 4.90 Å². The summed E-state index contributed by atoms with van der Waals surface area (Å²) in [6.07, 6.45) is 5.27. The highest BCUT2D eigenvalue weighted by atomic mass is 35.5. The van der Waals surface area contributed by atoms with E-state index in [9.17, 15) is 0 Å². The lowest BCUT2D eigenvalue weighted by Crippen LogP contribution is -2.37. The maximum absolute atomic E-state index is 5.87. The summed E-state index contributed by atoms with van der Waals surface area (Å²) in [6.45, 7) is 8.46. The Labute approximate surface area is 93.8 Å². The Bertz CT molecular complexity index is 137. The summed E-state index contributed by atoms with van der Waals surface area (Å²) in [4.78, 5) is 2.63. The van der Waals surface area contributed by atoms with Gasteiger partial charge in [0.1, 0.15) is 0 Å². The number of hydrogen-bond donors (Lipinski definition) is 0. The molecular weight excluding hydrogens is 194 g/mol. The first-order valence-electron chi connectivity index (χ1n) is 6.08. The Morgan fingerprint density at radius 1 is 1.21 bits per heavy atom. The van der Waals surface area contributed by atoms with Crippen molar-refractivity contribution < 1.29 is 0 Å². The van der Waals surface area contributed by atoms with Crippen molar-refractivity contribution in [3.8, 4) is 0 Å². The number of likely N-dealkylation sites (tertiary alicyclic amines) is 1. The van der Waals surface area contributed by atoms with Gasteiger partial charge >= 0.3 is 0 Å². The van der Waals surface area contributed by atoms with Crippen LogP contribution in [0.5, 0.6) is 0 Å². The van der Waals surface area contributed by atoms with Crippen LogP contribution in [0, 0.1) is 11.8 Å². The minimum atomic E-state index is 0.787. The van der Waals surface area contributed by atoms with Gasteiger partial charge in [-0.3, -0.25) is 0 Å². The van der Waals surface area contributed by atoms with E-state index in [4.69, 9.17) is 11.6 Å². The Hall–Kier alpha value is 0.250. The average Bonchev–Trinajstić information content (AvgIpc) is 2.26. The molecule has 0 radical (unpaired) electrons. The quantitative estimate of drug-likeness (QED) is 0.639. The lowest BCUT2D eigenvalue weighted by molar-refractivity contribution is 0.164. The molecular formula is C12H24ClN. The molecule has 0 bridgehead atoms. The Kier molecular flexibility index (Phi) is 5.88. The van der Waals surface area contributed by atoms with Crippen LogP contribution in [0.4, 0.5) is 0 Å². The molecule has 1 aliphatic rings. The molecule has 1 heterocycles. The van der Waals surface area contributed by atoms with Crippen LogP contribution in [-0.2, 0) is 0 Å². The first kappa shape index (κ1) is 12.3. The maximum atomic E-state index is 5.87. The predicted octanol–water partition coefficient (Wildman–Crippen LogP) is 3.37. The van der Waals surface area contributed by atoms with Crippen LogP contribution in [-0.4, -0.2) is 30.4 Å². The van der Waals surface area contributed by atoms with Crippen LogP contribution in [0.1, 0.15) is 39.5 Å². The highest BCUT2D eigenvalue weighted by Crippen LogP contribution is 2.20. The lowest BCUT2D eigenvalue weighted by Gasteiger charge is -2.33. The molecule has 84 valence electrons. The van der Waals surface area contributed by atoms with E-state index in [0.29, 0.717) is 0 Å². The highest BCUT2D eigenvalue weighted by molar-refractivity contribution is 6.18. The summed E-state index contributed by atoms with van der Waals surface area (Å²) in [6, 6.07) is 0. The smallest absolute Gasteiger partial charge is 0.0252 e. The maximum Gasteiger partial charge on any atom is 0.0252 e. The molecule has 0 atom stereocenters. The van der Waals surface area contributed by atoms with Gasteiger partial charge in [-0.05, 0) is 37.8 Å². The standard InChI is InChI=1S/C12H24ClN/c1-3-11(4-2)10-14-7-5-12(9-13)6-8-14/h11-12H,3-10H2,1-2H3. The van der Waals surface area contributed by atoms with Gasteiger partial charge in [0.15, 0.2) is 0 Å². The van der Waals surface area contributed by atoms with Gasteiger partial charge in [0.05, 0.1) is 0 Å². The summed E-state index contributed by atoms with van der Waals surface area (Å²) < 4.78 is 0. The SMILES string of the molecule is CCC(CC)CN1CCC(CCl)CC1. The fraction of sp³-hybridized carbons (Fsp3) is 1.00. The molecule has 2 heteroatoms. The molecule has 0 aliphatic carbocycles. The first-order valence-corrected chi connectivity index (χ1v) is 6.61. The average molecular weight is 218 g/mol. The molecule has 0 spiro atoms. The van der Waals surface area contributed by atoms with E-state index < -0.39 is 0 Å². The zero-order valence-corrected chi connectivity index (χ0v) is 10.4. The van der Waals surface area contributed by atoms with Crippen LogP contribution < -0.4 is 0 Å². The zero-order valence-electron chi connectivity index (χ0n) is 9.64. The van der Waals surface area contributed by atoms with Crippen molar-refractivity contribution in [2.75, 3.05) is 25.5 Å². The second kappa shape index (κ2) is 6.68. The molecule has 1 aliphatic heterocycles. The van der Waals surface area contributed by atoms with E-state index in [-0.39, 0.29) is 0 Å². The van der Waals surface area contributed by atoms with Crippen molar-refractivity contribution in [2.45, 2.75) is 39.5 Å². The summed E-state index contributed by atoms with van der Waals surface area (Å²) in [5, 5.41) is 0. The van der Waals surface area contributed by atoms with Crippen molar-refractivity contribution in [2.24, 2.45) is 11.8 Å². The molecule has 0 unspecified atom stereocenters. The third-order valence-corrected chi connectivity index (χ3v) is 4.03. The van der Waals surface area contributed by atoms with Crippen molar-refractivity contribution in [3.63, 3.8) is 0 Å². The van der Waals surface area contributed by atoms with E-state index in [2.05, 4.69) is 18.7 Å². The van der Waals surface area contributed by atoms with E-state index in [1.54, 1.807) is 0 Å². The largest absolute Gasteiger partial charge is 0.303 e. The van der Waals surface area contributed by atoms with Gasteiger partial charge in [-0.15, -0.1) is 11.6 Å². The van der Waals surface area contributed by atoms with E-state index in [0.717, 1.165) is 17.7 Å². The number of hydrogen-bond acceptors (Lipinski definition) is 1. The minimum Gasteiger partial charge on any atom is -0.303 e. The summed E-state index contributed by atoms with van der Waals surface area (Å²) in [5.41, 5.74) is 0. The van der Waals surface area contributed by atoms with Gasteiger partial charge in [0.25, 0.3) is 0 Å². The monoisotopic (exact) mass is 217 g/mol. The van der Waals surface area contributed by atoms with E-state index >= 15 is 0 Å². The zero-order chi connectivity index (χ0) is 10.4. The third-order valence-electron chi connectivity index (χ3n) is 3.60. The summed E-state index contributed by atoms with van der Waals surface area (Å²) >= 11 is 5.87. The summed E-state index contributed by atoms with van der Waals surface area (Å²) in [5.74, 6) is 2.55. The molecule has 0 N–H and O–H groups in total. The summed E-state index contributed by atoms with van der Waals surface area (Å²) in [7, 11) is 0. The Balaban J connectivity index is 2.21. The van der Waals surface area contributed by atoms with Crippen LogP contribution in [0.25, 0.3) is 0 Å².